The lowest BCUT2D eigenvalue weighted by molar-refractivity contribution is 0.0956. The number of H-pyrrole nitrogens is 1. The standard InChI is InChI=1S/C13H14N6O2S/c1-8-9-11(20)15-7-16-13(9)22-10(8)12(21)14-3-2-5-19-6-4-17-18-19/h4,6-7H,2-3,5H2,1H3,(H,14,21)(H,15,16,20). The van der Waals surface area contributed by atoms with Crippen molar-refractivity contribution >= 4 is 27.5 Å². The molecule has 0 bridgehead atoms. The van der Waals surface area contributed by atoms with E-state index in [-0.39, 0.29) is 11.5 Å². The van der Waals surface area contributed by atoms with Crippen LogP contribution in [-0.2, 0) is 6.54 Å². The molecule has 0 aliphatic rings. The molecule has 1 amide bonds. The van der Waals surface area contributed by atoms with Crippen molar-refractivity contribution in [3.8, 4) is 0 Å². The fourth-order valence-corrected chi connectivity index (χ4v) is 3.24. The lowest BCUT2D eigenvalue weighted by Gasteiger charge is -2.04. The molecule has 0 saturated heterocycles. The molecule has 3 heterocycles. The summed E-state index contributed by atoms with van der Waals surface area (Å²) in [5.41, 5.74) is 0.451. The van der Waals surface area contributed by atoms with Crippen LogP contribution in [0.3, 0.4) is 0 Å². The number of amides is 1. The summed E-state index contributed by atoms with van der Waals surface area (Å²) in [6.45, 7) is 2.98. The van der Waals surface area contributed by atoms with Crippen LogP contribution in [0.4, 0.5) is 0 Å². The highest BCUT2D eigenvalue weighted by Gasteiger charge is 2.17. The van der Waals surface area contributed by atoms with Crippen LogP contribution < -0.4 is 10.9 Å². The number of fused-ring (bicyclic) bond motifs is 1. The first-order valence-electron chi connectivity index (χ1n) is 6.76. The first kappa shape index (κ1) is 14.4. The predicted octanol–water partition coefficient (Wildman–Crippen LogP) is 0.705. The number of carbonyl (C=O) groups is 1. The highest BCUT2D eigenvalue weighted by molar-refractivity contribution is 7.20. The van der Waals surface area contributed by atoms with Crippen LogP contribution in [0, 0.1) is 6.92 Å². The van der Waals surface area contributed by atoms with E-state index in [0.29, 0.717) is 33.7 Å². The highest BCUT2D eigenvalue weighted by atomic mass is 32.1. The first-order valence-corrected chi connectivity index (χ1v) is 7.57. The molecule has 0 radical (unpaired) electrons. The van der Waals surface area contributed by atoms with E-state index in [1.165, 1.54) is 17.7 Å². The number of hydrogen-bond donors (Lipinski definition) is 2. The number of aryl methyl sites for hydroxylation is 2. The Balaban J connectivity index is 1.66. The number of nitrogens with one attached hydrogen (secondary N) is 2. The van der Waals surface area contributed by atoms with Gasteiger partial charge in [0, 0.05) is 19.3 Å². The van der Waals surface area contributed by atoms with Gasteiger partial charge in [-0.25, -0.2) is 4.98 Å². The summed E-state index contributed by atoms with van der Waals surface area (Å²) in [6, 6.07) is 0. The number of thiophene rings is 1. The number of rotatable bonds is 5. The van der Waals surface area contributed by atoms with Gasteiger partial charge in [-0.15, -0.1) is 16.4 Å². The second-order valence-corrected chi connectivity index (χ2v) is 5.74. The third kappa shape index (κ3) is 2.75. The summed E-state index contributed by atoms with van der Waals surface area (Å²) in [7, 11) is 0. The van der Waals surface area contributed by atoms with Crippen molar-refractivity contribution in [2.45, 2.75) is 19.9 Å². The van der Waals surface area contributed by atoms with Gasteiger partial charge >= 0.3 is 0 Å². The van der Waals surface area contributed by atoms with E-state index in [1.54, 1.807) is 24.0 Å². The molecule has 3 rings (SSSR count). The van der Waals surface area contributed by atoms with Gasteiger partial charge in [0.1, 0.15) is 4.83 Å². The lowest BCUT2D eigenvalue weighted by atomic mass is 10.2. The Morgan fingerprint density at radius 1 is 1.50 bits per heavy atom. The second kappa shape index (κ2) is 6.06. The first-order chi connectivity index (χ1) is 10.7. The molecule has 0 unspecified atom stereocenters. The van der Waals surface area contributed by atoms with E-state index in [0.717, 1.165) is 6.42 Å². The van der Waals surface area contributed by atoms with Gasteiger partial charge in [0.15, 0.2) is 0 Å². The summed E-state index contributed by atoms with van der Waals surface area (Å²) in [6.07, 6.45) is 5.48. The molecule has 9 heteroatoms. The summed E-state index contributed by atoms with van der Waals surface area (Å²) >= 11 is 1.23. The minimum Gasteiger partial charge on any atom is -0.351 e. The Bertz CT molecular complexity index is 851. The SMILES string of the molecule is Cc1c(C(=O)NCCCn2ccnn2)sc2nc[nH]c(=O)c12. The van der Waals surface area contributed by atoms with E-state index < -0.39 is 0 Å². The third-order valence-corrected chi connectivity index (χ3v) is 4.46. The van der Waals surface area contributed by atoms with Gasteiger partial charge < -0.3 is 10.3 Å². The smallest absolute Gasteiger partial charge is 0.261 e. The van der Waals surface area contributed by atoms with Crippen LogP contribution >= 0.6 is 11.3 Å². The quantitative estimate of drug-likeness (QED) is 0.674. The van der Waals surface area contributed by atoms with E-state index in [4.69, 9.17) is 0 Å². The van der Waals surface area contributed by atoms with Crippen molar-refractivity contribution in [1.29, 1.82) is 0 Å². The maximum atomic E-state index is 12.2. The molecule has 0 aliphatic carbocycles. The fourth-order valence-electron chi connectivity index (χ4n) is 2.17. The van der Waals surface area contributed by atoms with Crippen LogP contribution in [0.25, 0.3) is 10.2 Å². The number of hydrogen-bond acceptors (Lipinski definition) is 6. The molecular formula is C13H14N6O2S. The predicted molar refractivity (Wildman–Crippen MR) is 81.9 cm³/mol. The van der Waals surface area contributed by atoms with Crippen molar-refractivity contribution in [1.82, 2.24) is 30.3 Å². The Hall–Kier alpha value is -2.55. The Kier molecular flexibility index (Phi) is 3.96. The van der Waals surface area contributed by atoms with Crippen molar-refractivity contribution in [3.63, 3.8) is 0 Å². The fraction of sp³-hybridized carbons (Fsp3) is 0.308. The molecule has 22 heavy (non-hydrogen) atoms. The molecular weight excluding hydrogens is 304 g/mol. The number of aromatic nitrogens is 5. The van der Waals surface area contributed by atoms with Crippen molar-refractivity contribution in [2.24, 2.45) is 0 Å². The lowest BCUT2D eigenvalue weighted by Crippen LogP contribution is -2.25. The number of aromatic amines is 1. The van der Waals surface area contributed by atoms with Crippen LogP contribution in [-0.4, -0.2) is 37.4 Å². The Morgan fingerprint density at radius 2 is 2.36 bits per heavy atom. The van der Waals surface area contributed by atoms with Crippen LogP contribution in [0.2, 0.25) is 0 Å². The molecule has 0 aromatic carbocycles. The molecule has 3 aromatic heterocycles. The largest absolute Gasteiger partial charge is 0.351 e. The van der Waals surface area contributed by atoms with Crippen LogP contribution in [0.5, 0.6) is 0 Å². The zero-order valence-electron chi connectivity index (χ0n) is 11.9. The van der Waals surface area contributed by atoms with Crippen molar-refractivity contribution < 1.29 is 4.79 Å². The summed E-state index contributed by atoms with van der Waals surface area (Å²) in [5, 5.41) is 10.9. The van der Waals surface area contributed by atoms with E-state index in [1.807, 2.05) is 0 Å². The van der Waals surface area contributed by atoms with Gasteiger partial charge in [0.2, 0.25) is 0 Å². The molecule has 2 N–H and O–H groups in total. The molecule has 8 nitrogen and oxygen atoms in total. The molecule has 114 valence electrons. The Morgan fingerprint density at radius 3 is 3.09 bits per heavy atom. The van der Waals surface area contributed by atoms with E-state index in [9.17, 15) is 9.59 Å². The average molecular weight is 318 g/mol. The van der Waals surface area contributed by atoms with Gasteiger partial charge in [-0.2, -0.15) is 0 Å². The van der Waals surface area contributed by atoms with Crippen LogP contribution in [0.1, 0.15) is 21.7 Å². The number of carbonyl (C=O) groups excluding carboxylic acids is 1. The summed E-state index contributed by atoms with van der Waals surface area (Å²) in [4.78, 5) is 31.8. The Labute approximate surface area is 129 Å². The number of nitrogens with zero attached hydrogens (tertiary/aromatic N) is 4. The van der Waals surface area contributed by atoms with Crippen molar-refractivity contribution in [2.75, 3.05) is 6.54 Å². The summed E-state index contributed by atoms with van der Waals surface area (Å²) in [5.74, 6) is -0.182. The van der Waals surface area contributed by atoms with E-state index in [2.05, 4.69) is 25.6 Å². The topological polar surface area (TPSA) is 106 Å². The molecule has 0 spiro atoms. The molecule has 0 saturated carbocycles. The van der Waals surface area contributed by atoms with Crippen LogP contribution in [0.15, 0.2) is 23.5 Å². The maximum absolute atomic E-state index is 12.2. The monoisotopic (exact) mass is 318 g/mol. The molecule has 0 fully saturated rings. The van der Waals surface area contributed by atoms with Gasteiger partial charge in [-0.05, 0) is 18.9 Å². The zero-order chi connectivity index (χ0) is 15.5. The second-order valence-electron chi connectivity index (χ2n) is 4.74. The van der Waals surface area contributed by atoms with E-state index >= 15 is 0 Å². The van der Waals surface area contributed by atoms with Crippen molar-refractivity contribution in [3.05, 3.63) is 39.5 Å². The maximum Gasteiger partial charge on any atom is 0.261 e. The van der Waals surface area contributed by atoms with Gasteiger partial charge in [0.25, 0.3) is 11.5 Å². The van der Waals surface area contributed by atoms with Gasteiger partial charge in [0.05, 0.1) is 22.8 Å². The third-order valence-electron chi connectivity index (χ3n) is 3.26. The molecule has 0 atom stereocenters. The molecule has 0 aliphatic heterocycles. The van der Waals surface area contributed by atoms with Gasteiger partial charge in [-0.3, -0.25) is 14.3 Å². The zero-order valence-corrected chi connectivity index (χ0v) is 12.7. The average Bonchev–Trinajstić information content (AvgIpc) is 3.12. The molecule has 3 aromatic rings. The van der Waals surface area contributed by atoms with Gasteiger partial charge in [-0.1, -0.05) is 5.21 Å². The normalized spacial score (nSPS) is 11.0. The minimum atomic E-state index is -0.219. The highest BCUT2D eigenvalue weighted by Crippen LogP contribution is 2.26. The summed E-state index contributed by atoms with van der Waals surface area (Å²) < 4.78 is 1.71. The minimum absolute atomic E-state index is 0.182.